The van der Waals surface area contributed by atoms with Crippen molar-refractivity contribution in [2.24, 2.45) is 0 Å². The van der Waals surface area contributed by atoms with Gasteiger partial charge in [-0.15, -0.1) is 11.8 Å². The zero-order valence-electron chi connectivity index (χ0n) is 8.91. The predicted molar refractivity (Wildman–Crippen MR) is 65.0 cm³/mol. The Bertz CT molecular complexity index is 517. The van der Waals surface area contributed by atoms with Crippen LogP contribution >= 0.6 is 11.8 Å². The number of carboxylic acid groups (broad SMARTS) is 1. The fourth-order valence-corrected chi connectivity index (χ4v) is 2.27. The van der Waals surface area contributed by atoms with Crippen molar-refractivity contribution in [1.29, 1.82) is 0 Å². The number of hydrogen-bond donors (Lipinski definition) is 1. The Morgan fingerprint density at radius 1 is 1.24 bits per heavy atom. The molecule has 0 saturated carbocycles. The highest BCUT2D eigenvalue weighted by molar-refractivity contribution is 7.98. The monoisotopic (exact) mass is 246 g/mol. The van der Waals surface area contributed by atoms with Crippen LogP contribution in [0.15, 0.2) is 47.8 Å². The minimum absolute atomic E-state index is 0.103. The van der Waals surface area contributed by atoms with E-state index in [1.165, 1.54) is 18.0 Å². The van der Waals surface area contributed by atoms with Gasteiger partial charge in [0.2, 0.25) is 0 Å². The van der Waals surface area contributed by atoms with Crippen LogP contribution in [0.25, 0.3) is 0 Å². The Hall–Kier alpha value is -1.88. The number of carbonyl (C=O) groups is 1. The van der Waals surface area contributed by atoms with Gasteiger partial charge in [0.15, 0.2) is 5.69 Å². The number of nitrogens with zero attached hydrogens (tertiary/aromatic N) is 2. The highest BCUT2D eigenvalue weighted by atomic mass is 32.2. The van der Waals surface area contributed by atoms with Crippen molar-refractivity contribution in [3.63, 3.8) is 0 Å². The van der Waals surface area contributed by atoms with Gasteiger partial charge in [-0.2, -0.15) is 0 Å². The molecule has 0 aromatic carbocycles. The van der Waals surface area contributed by atoms with Gasteiger partial charge in [0.25, 0.3) is 0 Å². The second kappa shape index (κ2) is 5.45. The largest absolute Gasteiger partial charge is 0.476 e. The molecule has 17 heavy (non-hydrogen) atoms. The van der Waals surface area contributed by atoms with Gasteiger partial charge >= 0.3 is 5.97 Å². The minimum Gasteiger partial charge on any atom is -0.476 e. The molecule has 0 amide bonds. The van der Waals surface area contributed by atoms with Gasteiger partial charge in [0.05, 0.1) is 0 Å². The Morgan fingerprint density at radius 3 is 2.71 bits per heavy atom. The SMILES string of the molecule is O=C(O)c1ncccc1SCc1ccncc1. The van der Waals surface area contributed by atoms with E-state index in [0.29, 0.717) is 10.6 Å². The topological polar surface area (TPSA) is 63.1 Å². The molecule has 2 aromatic heterocycles. The third-order valence-corrected chi connectivity index (χ3v) is 3.24. The Kier molecular flexibility index (Phi) is 3.72. The highest BCUT2D eigenvalue weighted by Crippen LogP contribution is 2.24. The molecule has 86 valence electrons. The normalized spacial score (nSPS) is 10.1. The molecule has 2 aromatic rings. The smallest absolute Gasteiger partial charge is 0.355 e. The number of hydrogen-bond acceptors (Lipinski definition) is 4. The maximum atomic E-state index is 10.9. The van der Waals surface area contributed by atoms with Crippen molar-refractivity contribution >= 4 is 17.7 Å². The van der Waals surface area contributed by atoms with Crippen LogP contribution in [-0.2, 0) is 5.75 Å². The summed E-state index contributed by atoms with van der Waals surface area (Å²) in [7, 11) is 0. The van der Waals surface area contributed by atoms with Crippen LogP contribution in [-0.4, -0.2) is 21.0 Å². The first-order valence-electron chi connectivity index (χ1n) is 4.97. The molecule has 0 radical (unpaired) electrons. The Labute approximate surface area is 103 Å². The van der Waals surface area contributed by atoms with E-state index < -0.39 is 5.97 Å². The molecule has 0 fully saturated rings. The number of thioether (sulfide) groups is 1. The molecule has 1 N–H and O–H groups in total. The molecular formula is C12H10N2O2S. The summed E-state index contributed by atoms with van der Waals surface area (Å²) >= 11 is 1.46. The average molecular weight is 246 g/mol. The molecular weight excluding hydrogens is 236 g/mol. The van der Waals surface area contributed by atoms with Gasteiger partial charge in [0, 0.05) is 29.2 Å². The summed E-state index contributed by atoms with van der Waals surface area (Å²) in [5, 5.41) is 8.98. The second-order valence-electron chi connectivity index (χ2n) is 3.30. The lowest BCUT2D eigenvalue weighted by Gasteiger charge is -2.04. The van der Waals surface area contributed by atoms with Crippen LogP contribution < -0.4 is 0 Å². The first-order valence-corrected chi connectivity index (χ1v) is 5.96. The van der Waals surface area contributed by atoms with E-state index in [0.717, 1.165) is 5.56 Å². The van der Waals surface area contributed by atoms with Gasteiger partial charge in [-0.25, -0.2) is 9.78 Å². The fourth-order valence-electron chi connectivity index (χ4n) is 1.31. The minimum atomic E-state index is -0.997. The molecule has 0 atom stereocenters. The van der Waals surface area contributed by atoms with Gasteiger partial charge in [-0.3, -0.25) is 4.98 Å². The molecule has 0 unspecified atom stereocenters. The quantitative estimate of drug-likeness (QED) is 0.839. The van der Waals surface area contributed by atoms with Crippen molar-refractivity contribution in [1.82, 2.24) is 9.97 Å². The standard InChI is InChI=1S/C12H10N2O2S/c15-12(16)11-10(2-1-5-14-11)17-8-9-3-6-13-7-4-9/h1-7H,8H2,(H,15,16). The summed E-state index contributed by atoms with van der Waals surface area (Å²) in [6.45, 7) is 0. The maximum Gasteiger partial charge on any atom is 0.355 e. The number of aromatic nitrogens is 2. The van der Waals surface area contributed by atoms with Gasteiger partial charge in [-0.1, -0.05) is 0 Å². The summed E-state index contributed by atoms with van der Waals surface area (Å²) in [5.74, 6) is -0.295. The average Bonchev–Trinajstić information content (AvgIpc) is 2.38. The molecule has 0 aliphatic heterocycles. The lowest BCUT2D eigenvalue weighted by Crippen LogP contribution is -2.01. The highest BCUT2D eigenvalue weighted by Gasteiger charge is 2.10. The third-order valence-electron chi connectivity index (χ3n) is 2.12. The lowest BCUT2D eigenvalue weighted by molar-refractivity contribution is 0.0686. The predicted octanol–water partition coefficient (Wildman–Crippen LogP) is 2.47. The number of carboxylic acids is 1. The van der Waals surface area contributed by atoms with Crippen LogP contribution in [0.5, 0.6) is 0 Å². The molecule has 4 nitrogen and oxygen atoms in total. The van der Waals surface area contributed by atoms with Gasteiger partial charge in [-0.05, 0) is 29.8 Å². The van der Waals surface area contributed by atoms with E-state index >= 15 is 0 Å². The molecule has 0 spiro atoms. The summed E-state index contributed by atoms with van der Waals surface area (Å²) in [5.41, 5.74) is 1.21. The van der Waals surface area contributed by atoms with Gasteiger partial charge in [0.1, 0.15) is 0 Å². The first-order chi connectivity index (χ1) is 8.27. The van der Waals surface area contributed by atoms with Crippen LogP contribution in [0.3, 0.4) is 0 Å². The van der Waals surface area contributed by atoms with E-state index in [2.05, 4.69) is 9.97 Å². The molecule has 0 aliphatic carbocycles. The lowest BCUT2D eigenvalue weighted by atomic mass is 10.3. The maximum absolute atomic E-state index is 10.9. The first kappa shape index (κ1) is 11.6. The molecule has 0 aliphatic rings. The van der Waals surface area contributed by atoms with Crippen LogP contribution in [0.2, 0.25) is 0 Å². The van der Waals surface area contributed by atoms with E-state index in [-0.39, 0.29) is 5.69 Å². The van der Waals surface area contributed by atoms with E-state index in [4.69, 9.17) is 5.11 Å². The van der Waals surface area contributed by atoms with E-state index in [9.17, 15) is 4.79 Å². The van der Waals surface area contributed by atoms with Crippen molar-refractivity contribution in [3.8, 4) is 0 Å². The third kappa shape index (κ3) is 3.04. The van der Waals surface area contributed by atoms with Crippen molar-refractivity contribution in [2.45, 2.75) is 10.6 Å². The Balaban J connectivity index is 2.12. The van der Waals surface area contributed by atoms with Crippen LogP contribution in [0.1, 0.15) is 16.1 Å². The molecule has 0 saturated heterocycles. The van der Waals surface area contributed by atoms with Crippen molar-refractivity contribution < 1.29 is 9.90 Å². The summed E-state index contributed by atoms with van der Waals surface area (Å²) in [6.07, 6.45) is 4.93. The van der Waals surface area contributed by atoms with Crippen molar-refractivity contribution in [3.05, 3.63) is 54.1 Å². The number of pyridine rings is 2. The van der Waals surface area contributed by atoms with Gasteiger partial charge < -0.3 is 5.11 Å². The van der Waals surface area contributed by atoms with E-state index in [1.807, 2.05) is 12.1 Å². The zero-order valence-corrected chi connectivity index (χ0v) is 9.72. The summed E-state index contributed by atoms with van der Waals surface area (Å²) in [6, 6.07) is 7.32. The molecule has 0 bridgehead atoms. The number of aromatic carboxylic acids is 1. The summed E-state index contributed by atoms with van der Waals surface area (Å²) < 4.78 is 0. The summed E-state index contributed by atoms with van der Waals surface area (Å²) in [4.78, 5) is 19.4. The number of rotatable bonds is 4. The Morgan fingerprint density at radius 2 is 2.00 bits per heavy atom. The fraction of sp³-hybridized carbons (Fsp3) is 0.0833. The molecule has 5 heteroatoms. The van der Waals surface area contributed by atoms with Crippen molar-refractivity contribution in [2.75, 3.05) is 0 Å². The van der Waals surface area contributed by atoms with Crippen LogP contribution in [0.4, 0.5) is 0 Å². The second-order valence-corrected chi connectivity index (χ2v) is 4.32. The zero-order chi connectivity index (χ0) is 12.1. The van der Waals surface area contributed by atoms with E-state index in [1.54, 1.807) is 24.5 Å². The van der Waals surface area contributed by atoms with Crippen LogP contribution in [0, 0.1) is 0 Å². The molecule has 2 rings (SSSR count). The molecule has 2 heterocycles.